The van der Waals surface area contributed by atoms with Gasteiger partial charge in [0.2, 0.25) is 11.8 Å². The molecule has 2 rings (SSSR count). The van der Waals surface area contributed by atoms with Crippen LogP contribution in [0.2, 0.25) is 0 Å². The predicted molar refractivity (Wildman–Crippen MR) is 126 cm³/mol. The third-order valence-electron chi connectivity index (χ3n) is 5.04. The van der Waals surface area contributed by atoms with Crippen LogP contribution < -0.4 is 16.4 Å². The molecule has 0 aromatic heterocycles. The first kappa shape index (κ1) is 25.7. The fourth-order valence-corrected chi connectivity index (χ4v) is 3.50. The average molecular weight is 456 g/mol. The van der Waals surface area contributed by atoms with E-state index >= 15 is 0 Å². The SMILES string of the molecule is Cc1cc(O)cc(C)c1C[C@H](NC(=O)OC(C)(C)C)C(=O)N[C@@H](Cc1ccccc1)C(N)=O. The van der Waals surface area contributed by atoms with Crippen LogP contribution >= 0.6 is 0 Å². The van der Waals surface area contributed by atoms with Crippen LogP contribution in [-0.4, -0.2) is 40.7 Å². The molecule has 0 aliphatic rings. The average Bonchev–Trinajstić information content (AvgIpc) is 2.68. The lowest BCUT2D eigenvalue weighted by Crippen LogP contribution is -2.55. The van der Waals surface area contributed by atoms with Crippen LogP contribution in [0, 0.1) is 13.8 Å². The van der Waals surface area contributed by atoms with Gasteiger partial charge in [0.1, 0.15) is 23.4 Å². The molecule has 0 saturated heterocycles. The van der Waals surface area contributed by atoms with Crippen molar-refractivity contribution in [1.29, 1.82) is 0 Å². The van der Waals surface area contributed by atoms with Crippen molar-refractivity contribution in [3.8, 4) is 5.75 Å². The summed E-state index contributed by atoms with van der Waals surface area (Å²) in [6.45, 7) is 8.79. The number of phenolic OH excluding ortho intramolecular Hbond substituents is 1. The summed E-state index contributed by atoms with van der Waals surface area (Å²) in [6, 6.07) is 10.4. The molecule has 8 heteroatoms. The number of ether oxygens (including phenoxy) is 1. The Morgan fingerprint density at radius 2 is 1.55 bits per heavy atom. The van der Waals surface area contributed by atoms with Gasteiger partial charge in [-0.3, -0.25) is 9.59 Å². The van der Waals surface area contributed by atoms with E-state index in [1.807, 2.05) is 44.2 Å². The van der Waals surface area contributed by atoms with Gasteiger partial charge in [0, 0.05) is 12.8 Å². The van der Waals surface area contributed by atoms with Crippen molar-refractivity contribution in [1.82, 2.24) is 10.6 Å². The fraction of sp³-hybridized carbons (Fsp3) is 0.400. The maximum absolute atomic E-state index is 13.2. The zero-order valence-corrected chi connectivity index (χ0v) is 19.8. The quantitative estimate of drug-likeness (QED) is 0.486. The number of aromatic hydroxyl groups is 1. The largest absolute Gasteiger partial charge is 0.508 e. The normalized spacial score (nSPS) is 13.0. The zero-order valence-electron chi connectivity index (χ0n) is 19.8. The summed E-state index contributed by atoms with van der Waals surface area (Å²) in [4.78, 5) is 37.7. The second-order valence-corrected chi connectivity index (χ2v) is 9.11. The molecule has 0 heterocycles. The first-order valence-corrected chi connectivity index (χ1v) is 10.8. The summed E-state index contributed by atoms with van der Waals surface area (Å²) in [5.74, 6) is -1.13. The van der Waals surface area contributed by atoms with Crippen LogP contribution in [0.5, 0.6) is 5.75 Å². The van der Waals surface area contributed by atoms with Crippen molar-refractivity contribution in [3.63, 3.8) is 0 Å². The van der Waals surface area contributed by atoms with E-state index in [-0.39, 0.29) is 18.6 Å². The van der Waals surface area contributed by atoms with Crippen molar-refractivity contribution in [2.45, 2.75) is 65.1 Å². The molecule has 0 fully saturated rings. The van der Waals surface area contributed by atoms with Gasteiger partial charge in [-0.25, -0.2) is 4.79 Å². The number of carbonyl (C=O) groups excluding carboxylic acids is 3. The summed E-state index contributed by atoms with van der Waals surface area (Å²) >= 11 is 0. The Hall–Kier alpha value is -3.55. The maximum atomic E-state index is 13.2. The topological polar surface area (TPSA) is 131 Å². The lowest BCUT2D eigenvalue weighted by molar-refractivity contribution is -0.128. The van der Waals surface area contributed by atoms with Crippen LogP contribution in [0.15, 0.2) is 42.5 Å². The molecule has 8 nitrogen and oxygen atoms in total. The number of hydrogen-bond donors (Lipinski definition) is 4. The van der Waals surface area contributed by atoms with E-state index in [2.05, 4.69) is 10.6 Å². The Bertz CT molecular complexity index is 976. The van der Waals surface area contributed by atoms with Crippen LogP contribution in [0.1, 0.15) is 43.0 Å². The Labute approximate surface area is 194 Å². The Morgan fingerprint density at radius 3 is 2.06 bits per heavy atom. The number of primary amides is 1. The number of aryl methyl sites for hydroxylation is 2. The van der Waals surface area contributed by atoms with Crippen LogP contribution in [0.3, 0.4) is 0 Å². The second kappa shape index (κ2) is 10.8. The smallest absolute Gasteiger partial charge is 0.408 e. The highest BCUT2D eigenvalue weighted by Gasteiger charge is 2.29. The van der Waals surface area contributed by atoms with Gasteiger partial charge in [-0.1, -0.05) is 30.3 Å². The molecule has 0 bridgehead atoms. The van der Waals surface area contributed by atoms with Crippen molar-refractivity contribution >= 4 is 17.9 Å². The van der Waals surface area contributed by atoms with E-state index in [0.29, 0.717) is 0 Å². The number of nitrogens with one attached hydrogen (secondary N) is 2. The Balaban J connectivity index is 2.27. The number of nitrogens with two attached hydrogens (primary N) is 1. The van der Waals surface area contributed by atoms with Crippen molar-refractivity contribution < 1.29 is 24.2 Å². The molecule has 0 saturated carbocycles. The fourth-order valence-electron chi connectivity index (χ4n) is 3.50. The van der Waals surface area contributed by atoms with Gasteiger partial charge in [-0.2, -0.15) is 0 Å². The summed E-state index contributed by atoms with van der Waals surface area (Å²) in [5.41, 5.74) is 7.96. The molecule has 2 aromatic carbocycles. The summed E-state index contributed by atoms with van der Waals surface area (Å²) in [6.07, 6.45) is -0.395. The van der Waals surface area contributed by atoms with Gasteiger partial charge >= 0.3 is 6.09 Å². The highest BCUT2D eigenvalue weighted by Crippen LogP contribution is 2.22. The zero-order chi connectivity index (χ0) is 24.8. The van der Waals surface area contributed by atoms with E-state index in [0.717, 1.165) is 22.3 Å². The first-order valence-electron chi connectivity index (χ1n) is 10.8. The number of phenols is 1. The number of alkyl carbamates (subject to hydrolysis) is 1. The summed E-state index contributed by atoms with van der Waals surface area (Å²) in [7, 11) is 0. The minimum atomic E-state index is -1.03. The number of amides is 3. The molecular formula is C25H33N3O5. The summed E-state index contributed by atoms with van der Waals surface area (Å²) in [5, 5.41) is 15.1. The molecule has 5 N–H and O–H groups in total. The van der Waals surface area contributed by atoms with Crippen molar-refractivity contribution in [2.75, 3.05) is 0 Å². The van der Waals surface area contributed by atoms with Gasteiger partial charge in [-0.15, -0.1) is 0 Å². The molecule has 0 aliphatic carbocycles. The number of rotatable bonds is 8. The van der Waals surface area contributed by atoms with Gasteiger partial charge in [0.05, 0.1) is 0 Å². The number of carbonyl (C=O) groups is 3. The molecule has 2 atom stereocenters. The predicted octanol–water partition coefficient (Wildman–Crippen LogP) is 2.66. The van der Waals surface area contributed by atoms with E-state index < -0.39 is 35.6 Å². The molecule has 0 spiro atoms. The first-order chi connectivity index (χ1) is 15.4. The van der Waals surface area contributed by atoms with E-state index in [1.165, 1.54) is 0 Å². The van der Waals surface area contributed by atoms with Crippen LogP contribution in [0.4, 0.5) is 4.79 Å². The van der Waals surface area contributed by atoms with Gasteiger partial charge in [0.25, 0.3) is 0 Å². The number of benzene rings is 2. The highest BCUT2D eigenvalue weighted by atomic mass is 16.6. The third-order valence-corrected chi connectivity index (χ3v) is 5.04. The molecule has 33 heavy (non-hydrogen) atoms. The highest BCUT2D eigenvalue weighted by molar-refractivity contribution is 5.91. The van der Waals surface area contributed by atoms with Gasteiger partial charge < -0.3 is 26.2 Å². The molecular weight excluding hydrogens is 422 g/mol. The minimum absolute atomic E-state index is 0.117. The molecule has 0 radical (unpaired) electrons. The maximum Gasteiger partial charge on any atom is 0.408 e. The minimum Gasteiger partial charge on any atom is -0.508 e. The van der Waals surface area contributed by atoms with Crippen LogP contribution in [0.25, 0.3) is 0 Å². The van der Waals surface area contributed by atoms with E-state index in [1.54, 1.807) is 32.9 Å². The lowest BCUT2D eigenvalue weighted by Gasteiger charge is -2.25. The monoisotopic (exact) mass is 455 g/mol. The van der Waals surface area contributed by atoms with E-state index in [4.69, 9.17) is 10.5 Å². The van der Waals surface area contributed by atoms with E-state index in [9.17, 15) is 19.5 Å². The lowest BCUT2D eigenvalue weighted by atomic mass is 9.95. The number of hydrogen-bond acceptors (Lipinski definition) is 5. The molecule has 2 aromatic rings. The summed E-state index contributed by atoms with van der Waals surface area (Å²) < 4.78 is 5.32. The second-order valence-electron chi connectivity index (χ2n) is 9.11. The van der Waals surface area contributed by atoms with Gasteiger partial charge in [-0.05, 0) is 69.0 Å². The molecule has 3 amide bonds. The molecule has 0 unspecified atom stereocenters. The standard InChI is InChI=1S/C25H33N3O5/c1-15-11-18(29)12-16(2)19(15)14-21(28-24(32)33-25(3,4)5)23(31)27-20(22(26)30)13-17-9-7-6-8-10-17/h6-12,20-21,29H,13-14H2,1-5H3,(H2,26,30)(H,27,31)(H,28,32)/t20-,21-/m0/s1. The van der Waals surface area contributed by atoms with Crippen molar-refractivity contribution in [2.24, 2.45) is 5.73 Å². The molecule has 0 aliphatic heterocycles. The Kier molecular flexibility index (Phi) is 8.45. The van der Waals surface area contributed by atoms with Gasteiger partial charge in [0.15, 0.2) is 0 Å². The Morgan fingerprint density at radius 1 is 0.970 bits per heavy atom. The van der Waals surface area contributed by atoms with Crippen LogP contribution in [-0.2, 0) is 27.2 Å². The third kappa shape index (κ3) is 8.14. The molecule has 178 valence electrons. The van der Waals surface area contributed by atoms with Crippen molar-refractivity contribution in [3.05, 3.63) is 64.7 Å².